The molecule has 2 rings (SSSR count). The summed E-state index contributed by atoms with van der Waals surface area (Å²) >= 11 is 5.62. The van der Waals surface area contributed by atoms with E-state index in [2.05, 4.69) is 10.4 Å². The number of anilines is 1. The topological polar surface area (TPSA) is 46.9 Å². The van der Waals surface area contributed by atoms with Crippen molar-refractivity contribution in [1.82, 2.24) is 9.78 Å². The number of carbonyl (C=O) groups excluding carboxylic acids is 1. The third-order valence-electron chi connectivity index (χ3n) is 2.37. The van der Waals surface area contributed by atoms with Crippen LogP contribution in [0.1, 0.15) is 17.4 Å². The van der Waals surface area contributed by atoms with Gasteiger partial charge in [-0.1, -0.05) is 11.6 Å². The molecule has 0 saturated heterocycles. The average molecular weight is 268 g/mol. The second kappa shape index (κ2) is 5.18. The van der Waals surface area contributed by atoms with Crippen molar-refractivity contribution in [2.24, 2.45) is 0 Å². The fourth-order valence-electron chi connectivity index (χ4n) is 1.43. The normalized spacial score (nSPS) is 10.4. The average Bonchev–Trinajstić information content (AvgIpc) is 2.82. The minimum absolute atomic E-state index is 0.0353. The largest absolute Gasteiger partial charge is 0.321 e. The van der Waals surface area contributed by atoms with Crippen LogP contribution in [0.15, 0.2) is 30.5 Å². The van der Waals surface area contributed by atoms with Crippen molar-refractivity contribution in [1.29, 1.82) is 0 Å². The Bertz CT molecular complexity index is 582. The molecule has 1 amide bonds. The Labute approximate surface area is 108 Å². The molecule has 0 atom stereocenters. The number of carbonyl (C=O) groups is 1. The molecule has 0 unspecified atom stereocenters. The number of hydrogen-bond acceptors (Lipinski definition) is 2. The molecular formula is C12H11ClFN3O. The molecule has 0 saturated carbocycles. The number of halogens is 2. The summed E-state index contributed by atoms with van der Waals surface area (Å²) in [7, 11) is 0. The summed E-state index contributed by atoms with van der Waals surface area (Å²) in [6, 6.07) is 5.61. The van der Waals surface area contributed by atoms with E-state index in [1.807, 2.05) is 6.92 Å². The van der Waals surface area contributed by atoms with E-state index in [0.717, 1.165) is 0 Å². The smallest absolute Gasteiger partial charge is 0.276 e. The number of amides is 1. The molecule has 1 N–H and O–H groups in total. The van der Waals surface area contributed by atoms with Crippen LogP contribution in [0, 0.1) is 5.82 Å². The van der Waals surface area contributed by atoms with Gasteiger partial charge in [0, 0.05) is 18.4 Å². The Balaban J connectivity index is 2.13. The van der Waals surface area contributed by atoms with Gasteiger partial charge in [-0.05, 0) is 31.2 Å². The van der Waals surface area contributed by atoms with Crippen molar-refractivity contribution in [2.75, 3.05) is 5.32 Å². The molecule has 1 aromatic carbocycles. The predicted octanol–water partition coefficient (Wildman–Crippen LogP) is 2.95. The first-order chi connectivity index (χ1) is 8.60. The molecule has 6 heteroatoms. The Morgan fingerprint density at radius 3 is 2.89 bits per heavy atom. The van der Waals surface area contributed by atoms with Crippen molar-refractivity contribution in [3.63, 3.8) is 0 Å². The Kier molecular flexibility index (Phi) is 3.62. The van der Waals surface area contributed by atoms with Crippen LogP contribution in [0.3, 0.4) is 0 Å². The van der Waals surface area contributed by atoms with Gasteiger partial charge in [0.2, 0.25) is 0 Å². The maximum absolute atomic E-state index is 12.9. The molecule has 0 aliphatic rings. The minimum Gasteiger partial charge on any atom is -0.321 e. The van der Waals surface area contributed by atoms with Gasteiger partial charge in [0.25, 0.3) is 5.91 Å². The zero-order chi connectivity index (χ0) is 13.1. The molecular weight excluding hydrogens is 257 g/mol. The highest BCUT2D eigenvalue weighted by Gasteiger charge is 2.10. The zero-order valence-electron chi connectivity index (χ0n) is 9.65. The van der Waals surface area contributed by atoms with Gasteiger partial charge in [-0.25, -0.2) is 4.39 Å². The van der Waals surface area contributed by atoms with E-state index >= 15 is 0 Å². The van der Waals surface area contributed by atoms with E-state index in [0.29, 0.717) is 17.9 Å². The van der Waals surface area contributed by atoms with E-state index in [1.165, 1.54) is 18.2 Å². The molecule has 0 aliphatic heterocycles. The number of rotatable bonds is 3. The Morgan fingerprint density at radius 2 is 2.28 bits per heavy atom. The van der Waals surface area contributed by atoms with Crippen LogP contribution in [0.25, 0.3) is 0 Å². The van der Waals surface area contributed by atoms with Crippen LogP contribution in [0.5, 0.6) is 0 Å². The highest BCUT2D eigenvalue weighted by atomic mass is 35.5. The van der Waals surface area contributed by atoms with Crippen molar-refractivity contribution < 1.29 is 9.18 Å². The molecule has 94 valence electrons. The molecule has 0 aliphatic carbocycles. The summed E-state index contributed by atoms with van der Waals surface area (Å²) < 4.78 is 14.6. The van der Waals surface area contributed by atoms with E-state index in [1.54, 1.807) is 16.9 Å². The summed E-state index contributed by atoms with van der Waals surface area (Å²) in [6.07, 6.45) is 1.71. The first-order valence-corrected chi connectivity index (χ1v) is 5.78. The summed E-state index contributed by atoms with van der Waals surface area (Å²) in [5.41, 5.74) is 0.731. The van der Waals surface area contributed by atoms with Crippen LogP contribution in [0.2, 0.25) is 5.02 Å². The van der Waals surface area contributed by atoms with Crippen LogP contribution >= 0.6 is 11.6 Å². The van der Waals surface area contributed by atoms with Crippen molar-refractivity contribution >= 4 is 23.2 Å². The van der Waals surface area contributed by atoms with E-state index in [4.69, 9.17) is 11.6 Å². The van der Waals surface area contributed by atoms with Gasteiger partial charge < -0.3 is 5.32 Å². The van der Waals surface area contributed by atoms with Gasteiger partial charge in [-0.15, -0.1) is 0 Å². The minimum atomic E-state index is -0.523. The van der Waals surface area contributed by atoms with Crippen LogP contribution in [0.4, 0.5) is 10.1 Å². The Morgan fingerprint density at radius 1 is 1.50 bits per heavy atom. The van der Waals surface area contributed by atoms with Crippen molar-refractivity contribution in [3.05, 3.63) is 47.0 Å². The lowest BCUT2D eigenvalue weighted by Crippen LogP contribution is -2.13. The third-order valence-corrected chi connectivity index (χ3v) is 2.66. The summed E-state index contributed by atoms with van der Waals surface area (Å²) in [5.74, 6) is -0.880. The van der Waals surface area contributed by atoms with Gasteiger partial charge >= 0.3 is 0 Å². The third kappa shape index (κ3) is 2.68. The first-order valence-electron chi connectivity index (χ1n) is 5.40. The van der Waals surface area contributed by atoms with Crippen molar-refractivity contribution in [3.8, 4) is 0 Å². The summed E-state index contributed by atoms with van der Waals surface area (Å²) in [6.45, 7) is 2.62. The fraction of sp³-hybridized carbons (Fsp3) is 0.167. The maximum Gasteiger partial charge on any atom is 0.276 e. The number of nitrogens with zero attached hydrogens (tertiary/aromatic N) is 2. The molecule has 0 radical (unpaired) electrons. The number of aryl methyl sites for hydroxylation is 1. The molecule has 0 bridgehead atoms. The van der Waals surface area contributed by atoms with Crippen LogP contribution < -0.4 is 5.32 Å². The van der Waals surface area contributed by atoms with Crippen LogP contribution in [-0.4, -0.2) is 15.7 Å². The maximum atomic E-state index is 12.9. The lowest BCUT2D eigenvalue weighted by molar-refractivity contribution is 0.102. The molecule has 0 spiro atoms. The standard InChI is InChI=1S/C12H11ClFN3O/c1-2-17-6-5-11(16-17)12(18)15-8-3-4-10(14)9(13)7-8/h3-7H,2H2,1H3,(H,15,18). The van der Waals surface area contributed by atoms with Gasteiger partial charge in [0.05, 0.1) is 5.02 Å². The predicted molar refractivity (Wildman–Crippen MR) is 67.3 cm³/mol. The summed E-state index contributed by atoms with van der Waals surface area (Å²) in [4.78, 5) is 11.8. The second-order valence-corrected chi connectivity index (χ2v) is 4.05. The lowest BCUT2D eigenvalue weighted by Gasteiger charge is -2.04. The highest BCUT2D eigenvalue weighted by molar-refractivity contribution is 6.31. The van der Waals surface area contributed by atoms with Crippen molar-refractivity contribution in [2.45, 2.75) is 13.5 Å². The van der Waals surface area contributed by atoms with Gasteiger partial charge in [0.1, 0.15) is 5.82 Å². The van der Waals surface area contributed by atoms with Gasteiger partial charge in [0.15, 0.2) is 5.69 Å². The molecule has 0 fully saturated rings. The number of hydrogen-bond donors (Lipinski definition) is 1. The molecule has 4 nitrogen and oxygen atoms in total. The van der Waals surface area contributed by atoms with E-state index < -0.39 is 5.82 Å². The molecule has 18 heavy (non-hydrogen) atoms. The summed E-state index contributed by atoms with van der Waals surface area (Å²) in [5, 5.41) is 6.62. The highest BCUT2D eigenvalue weighted by Crippen LogP contribution is 2.19. The van der Waals surface area contributed by atoms with Gasteiger partial charge in [-0.2, -0.15) is 5.10 Å². The second-order valence-electron chi connectivity index (χ2n) is 3.64. The first kappa shape index (κ1) is 12.6. The quantitative estimate of drug-likeness (QED) is 0.929. The zero-order valence-corrected chi connectivity index (χ0v) is 10.4. The van der Waals surface area contributed by atoms with Gasteiger partial charge in [-0.3, -0.25) is 9.48 Å². The Hall–Kier alpha value is -1.88. The molecule has 2 aromatic rings. The van der Waals surface area contributed by atoms with Crippen LogP contribution in [-0.2, 0) is 6.54 Å². The van der Waals surface area contributed by atoms with E-state index in [-0.39, 0.29) is 10.9 Å². The number of nitrogens with one attached hydrogen (secondary N) is 1. The molecule has 1 heterocycles. The SMILES string of the molecule is CCn1ccc(C(=O)Nc2ccc(F)c(Cl)c2)n1. The fourth-order valence-corrected chi connectivity index (χ4v) is 1.61. The lowest BCUT2D eigenvalue weighted by atomic mass is 10.3. The number of benzene rings is 1. The molecule has 1 aromatic heterocycles. The number of aromatic nitrogens is 2. The monoisotopic (exact) mass is 267 g/mol. The van der Waals surface area contributed by atoms with E-state index in [9.17, 15) is 9.18 Å².